The normalized spacial score (nSPS) is 15.2. The fourth-order valence-electron chi connectivity index (χ4n) is 2.40. The summed E-state index contributed by atoms with van der Waals surface area (Å²) in [6.07, 6.45) is 4.78. The number of para-hydroxylation sites is 1. The van der Waals surface area contributed by atoms with E-state index in [0.717, 1.165) is 12.8 Å². The molecule has 19 heavy (non-hydrogen) atoms. The standard InChI is InChI=1S/C14H18N2O3/c17-13(18)11-7-3-4-8-12(11)16-14(19)15-9-10-5-1-2-6-10/h3-4,7-8,10H,1-2,5-6,9H2,(H,17,18)(H2,15,16,19). The predicted octanol–water partition coefficient (Wildman–Crippen LogP) is 2.70. The molecule has 0 atom stereocenters. The number of hydrogen-bond acceptors (Lipinski definition) is 2. The predicted molar refractivity (Wildman–Crippen MR) is 72.4 cm³/mol. The number of hydrogen-bond donors (Lipinski definition) is 3. The number of benzene rings is 1. The van der Waals surface area contributed by atoms with Crippen molar-refractivity contribution < 1.29 is 14.7 Å². The van der Waals surface area contributed by atoms with Crippen molar-refractivity contribution in [3.05, 3.63) is 29.8 Å². The maximum absolute atomic E-state index is 11.7. The Bertz CT molecular complexity index is 468. The highest BCUT2D eigenvalue weighted by Gasteiger charge is 2.16. The van der Waals surface area contributed by atoms with Crippen LogP contribution in [0.3, 0.4) is 0 Å². The molecular formula is C14H18N2O3. The number of carbonyl (C=O) groups excluding carboxylic acids is 1. The monoisotopic (exact) mass is 262 g/mol. The van der Waals surface area contributed by atoms with Gasteiger partial charge >= 0.3 is 12.0 Å². The summed E-state index contributed by atoms with van der Waals surface area (Å²) in [5.74, 6) is -0.493. The Morgan fingerprint density at radius 1 is 1.21 bits per heavy atom. The van der Waals surface area contributed by atoms with Gasteiger partial charge < -0.3 is 15.7 Å². The molecule has 0 aromatic heterocycles. The quantitative estimate of drug-likeness (QED) is 0.780. The van der Waals surface area contributed by atoms with Gasteiger partial charge in [-0.15, -0.1) is 0 Å². The summed E-state index contributed by atoms with van der Waals surface area (Å²) in [7, 11) is 0. The molecule has 2 rings (SSSR count). The average molecular weight is 262 g/mol. The highest BCUT2D eigenvalue weighted by molar-refractivity contribution is 5.99. The first kappa shape index (κ1) is 13.4. The fourth-order valence-corrected chi connectivity index (χ4v) is 2.40. The maximum atomic E-state index is 11.7. The molecular weight excluding hydrogens is 244 g/mol. The summed E-state index contributed by atoms with van der Waals surface area (Å²) in [6.45, 7) is 0.654. The SMILES string of the molecule is O=C(NCC1CCCC1)Nc1ccccc1C(=O)O. The maximum Gasteiger partial charge on any atom is 0.337 e. The summed E-state index contributed by atoms with van der Waals surface area (Å²) in [6, 6.07) is 6.03. The molecule has 0 bridgehead atoms. The largest absolute Gasteiger partial charge is 0.478 e. The van der Waals surface area contributed by atoms with E-state index in [1.165, 1.54) is 18.9 Å². The van der Waals surface area contributed by atoms with Gasteiger partial charge in [0.15, 0.2) is 0 Å². The van der Waals surface area contributed by atoms with Crippen LogP contribution in [0.25, 0.3) is 0 Å². The third-order valence-corrected chi connectivity index (χ3v) is 3.43. The van der Waals surface area contributed by atoms with Gasteiger partial charge in [0.25, 0.3) is 0 Å². The van der Waals surface area contributed by atoms with E-state index in [2.05, 4.69) is 10.6 Å². The molecule has 5 nitrogen and oxygen atoms in total. The van der Waals surface area contributed by atoms with Crippen LogP contribution in [0.4, 0.5) is 10.5 Å². The molecule has 2 amide bonds. The lowest BCUT2D eigenvalue weighted by molar-refractivity contribution is 0.0698. The first-order chi connectivity index (χ1) is 9.16. The average Bonchev–Trinajstić information content (AvgIpc) is 2.90. The van der Waals surface area contributed by atoms with Crippen LogP contribution in [-0.4, -0.2) is 23.7 Å². The van der Waals surface area contributed by atoms with Crippen molar-refractivity contribution in [1.82, 2.24) is 5.32 Å². The van der Waals surface area contributed by atoms with Crippen molar-refractivity contribution in [2.24, 2.45) is 5.92 Å². The van der Waals surface area contributed by atoms with E-state index in [-0.39, 0.29) is 11.6 Å². The summed E-state index contributed by atoms with van der Waals surface area (Å²) in [5, 5.41) is 14.4. The van der Waals surface area contributed by atoms with E-state index in [4.69, 9.17) is 5.11 Å². The molecule has 0 heterocycles. The molecule has 1 aliphatic rings. The minimum absolute atomic E-state index is 0.0958. The number of aromatic carboxylic acids is 1. The van der Waals surface area contributed by atoms with Crippen LogP contribution in [0.2, 0.25) is 0 Å². The van der Waals surface area contributed by atoms with Gasteiger partial charge in [-0.3, -0.25) is 0 Å². The molecule has 0 aliphatic heterocycles. The van der Waals surface area contributed by atoms with E-state index in [1.54, 1.807) is 18.2 Å². The number of anilines is 1. The Labute approximate surface area is 112 Å². The van der Waals surface area contributed by atoms with Gasteiger partial charge in [0.2, 0.25) is 0 Å². The smallest absolute Gasteiger partial charge is 0.337 e. The summed E-state index contributed by atoms with van der Waals surface area (Å²) < 4.78 is 0. The minimum Gasteiger partial charge on any atom is -0.478 e. The fraction of sp³-hybridized carbons (Fsp3) is 0.429. The second-order valence-electron chi connectivity index (χ2n) is 4.84. The van der Waals surface area contributed by atoms with Crippen LogP contribution in [0.5, 0.6) is 0 Å². The van der Waals surface area contributed by atoms with Gasteiger partial charge in [0, 0.05) is 6.54 Å². The molecule has 3 N–H and O–H groups in total. The van der Waals surface area contributed by atoms with Crippen molar-refractivity contribution in [2.75, 3.05) is 11.9 Å². The van der Waals surface area contributed by atoms with Crippen molar-refractivity contribution in [3.63, 3.8) is 0 Å². The topological polar surface area (TPSA) is 78.4 Å². The summed E-state index contributed by atoms with van der Waals surface area (Å²) >= 11 is 0. The third-order valence-electron chi connectivity index (χ3n) is 3.43. The number of nitrogens with one attached hydrogen (secondary N) is 2. The van der Waals surface area contributed by atoms with Crippen LogP contribution in [0, 0.1) is 5.92 Å². The number of urea groups is 1. The van der Waals surface area contributed by atoms with Crippen LogP contribution < -0.4 is 10.6 Å². The van der Waals surface area contributed by atoms with Crippen LogP contribution in [0.15, 0.2) is 24.3 Å². The molecule has 0 radical (unpaired) electrons. The van der Waals surface area contributed by atoms with E-state index in [9.17, 15) is 9.59 Å². The zero-order valence-electron chi connectivity index (χ0n) is 10.7. The second-order valence-corrected chi connectivity index (χ2v) is 4.84. The molecule has 0 saturated heterocycles. The molecule has 0 spiro atoms. The number of carbonyl (C=O) groups is 2. The Hall–Kier alpha value is -2.04. The van der Waals surface area contributed by atoms with Gasteiger partial charge in [0.05, 0.1) is 11.3 Å². The Balaban J connectivity index is 1.89. The van der Waals surface area contributed by atoms with Gasteiger partial charge in [0.1, 0.15) is 0 Å². The number of rotatable bonds is 4. The van der Waals surface area contributed by atoms with E-state index in [1.807, 2.05) is 0 Å². The molecule has 1 aromatic carbocycles. The highest BCUT2D eigenvalue weighted by atomic mass is 16.4. The minimum atomic E-state index is -1.05. The zero-order chi connectivity index (χ0) is 13.7. The molecule has 5 heteroatoms. The van der Waals surface area contributed by atoms with Crippen LogP contribution in [0.1, 0.15) is 36.0 Å². The van der Waals surface area contributed by atoms with Crippen molar-refractivity contribution in [2.45, 2.75) is 25.7 Å². The third kappa shape index (κ3) is 3.71. The summed E-state index contributed by atoms with van der Waals surface area (Å²) in [5.41, 5.74) is 0.414. The Kier molecular flexibility index (Phi) is 4.39. The summed E-state index contributed by atoms with van der Waals surface area (Å²) in [4.78, 5) is 22.7. The highest BCUT2D eigenvalue weighted by Crippen LogP contribution is 2.23. The van der Waals surface area contributed by atoms with Crippen molar-refractivity contribution in [1.29, 1.82) is 0 Å². The van der Waals surface area contributed by atoms with Gasteiger partial charge in [-0.2, -0.15) is 0 Å². The molecule has 0 unspecified atom stereocenters. The van der Waals surface area contributed by atoms with Gasteiger partial charge in [-0.05, 0) is 30.9 Å². The van der Waals surface area contributed by atoms with Crippen LogP contribution >= 0.6 is 0 Å². The lowest BCUT2D eigenvalue weighted by Gasteiger charge is -2.12. The number of carboxylic acid groups (broad SMARTS) is 1. The lowest BCUT2D eigenvalue weighted by Crippen LogP contribution is -2.32. The lowest BCUT2D eigenvalue weighted by atomic mass is 10.1. The van der Waals surface area contributed by atoms with Gasteiger partial charge in [-0.1, -0.05) is 25.0 Å². The first-order valence-electron chi connectivity index (χ1n) is 6.54. The molecule has 1 fully saturated rings. The Morgan fingerprint density at radius 2 is 1.89 bits per heavy atom. The number of carboxylic acids is 1. The van der Waals surface area contributed by atoms with Crippen molar-refractivity contribution >= 4 is 17.7 Å². The Morgan fingerprint density at radius 3 is 2.58 bits per heavy atom. The van der Waals surface area contributed by atoms with Crippen LogP contribution in [-0.2, 0) is 0 Å². The molecule has 1 aliphatic carbocycles. The van der Waals surface area contributed by atoms with E-state index >= 15 is 0 Å². The zero-order valence-corrected chi connectivity index (χ0v) is 10.7. The number of amides is 2. The first-order valence-corrected chi connectivity index (χ1v) is 6.54. The van der Waals surface area contributed by atoms with E-state index < -0.39 is 5.97 Å². The van der Waals surface area contributed by atoms with Crippen molar-refractivity contribution in [3.8, 4) is 0 Å². The van der Waals surface area contributed by atoms with E-state index in [0.29, 0.717) is 18.2 Å². The molecule has 1 saturated carbocycles. The molecule has 102 valence electrons. The van der Waals surface area contributed by atoms with Gasteiger partial charge in [-0.25, -0.2) is 9.59 Å². The molecule has 1 aromatic rings. The second kappa shape index (κ2) is 6.22.